The fourth-order valence-electron chi connectivity index (χ4n) is 3.47. The summed E-state index contributed by atoms with van der Waals surface area (Å²) in [4.78, 5) is 30.5. The third-order valence-electron chi connectivity index (χ3n) is 5.05. The molecular formula is C21H22N4O3S. The van der Waals surface area contributed by atoms with Gasteiger partial charge in [0.25, 0.3) is 5.91 Å². The second-order valence-corrected chi connectivity index (χ2v) is 7.98. The molecule has 3 heterocycles. The number of nitrogens with one attached hydrogen (secondary N) is 1. The van der Waals surface area contributed by atoms with E-state index in [0.29, 0.717) is 16.5 Å². The van der Waals surface area contributed by atoms with Crippen molar-refractivity contribution in [1.29, 1.82) is 0 Å². The van der Waals surface area contributed by atoms with Gasteiger partial charge in [-0.05, 0) is 55.8 Å². The minimum Gasteiger partial charge on any atom is -0.462 e. The zero-order valence-electron chi connectivity index (χ0n) is 15.8. The Hall–Kier alpha value is -2.97. The van der Waals surface area contributed by atoms with E-state index in [9.17, 15) is 9.59 Å². The van der Waals surface area contributed by atoms with Crippen LogP contribution in [0.25, 0.3) is 10.8 Å². The number of likely N-dealkylation sites (tertiary alicyclic amines) is 1. The number of anilines is 1. The van der Waals surface area contributed by atoms with Crippen LogP contribution in [-0.2, 0) is 11.3 Å². The SMILES string of the molecule is NC(=O)C1CCN(Cc2cccc(NC(=O)c3csc(-c4ccco4)n3)c2)CC1. The van der Waals surface area contributed by atoms with Crippen molar-refractivity contribution in [3.8, 4) is 10.8 Å². The third kappa shape index (κ3) is 4.72. The van der Waals surface area contributed by atoms with E-state index < -0.39 is 0 Å². The van der Waals surface area contributed by atoms with Crippen LogP contribution < -0.4 is 11.1 Å². The van der Waals surface area contributed by atoms with E-state index in [-0.39, 0.29) is 17.7 Å². The second-order valence-electron chi connectivity index (χ2n) is 7.12. The monoisotopic (exact) mass is 410 g/mol. The number of rotatable bonds is 6. The quantitative estimate of drug-likeness (QED) is 0.649. The Bertz CT molecular complexity index is 991. The number of amides is 2. The van der Waals surface area contributed by atoms with Crippen molar-refractivity contribution in [1.82, 2.24) is 9.88 Å². The maximum absolute atomic E-state index is 12.5. The van der Waals surface area contributed by atoms with Crippen LogP contribution in [0.4, 0.5) is 5.69 Å². The van der Waals surface area contributed by atoms with Crippen molar-refractivity contribution in [3.05, 3.63) is 59.3 Å². The smallest absolute Gasteiger partial charge is 0.275 e. The van der Waals surface area contributed by atoms with Crippen molar-refractivity contribution >= 4 is 28.8 Å². The lowest BCUT2D eigenvalue weighted by Crippen LogP contribution is -2.38. The number of aromatic nitrogens is 1. The zero-order chi connectivity index (χ0) is 20.2. The van der Waals surface area contributed by atoms with Gasteiger partial charge in [-0.15, -0.1) is 11.3 Å². The van der Waals surface area contributed by atoms with E-state index in [1.54, 1.807) is 17.7 Å². The molecule has 1 aromatic carbocycles. The molecule has 0 bridgehead atoms. The number of furan rings is 1. The van der Waals surface area contributed by atoms with Crippen LogP contribution in [0.2, 0.25) is 0 Å². The molecule has 29 heavy (non-hydrogen) atoms. The molecule has 1 aliphatic heterocycles. The Kier molecular flexibility index (Phi) is 5.73. The van der Waals surface area contributed by atoms with Gasteiger partial charge in [0.1, 0.15) is 5.69 Å². The summed E-state index contributed by atoms with van der Waals surface area (Å²) < 4.78 is 5.32. The van der Waals surface area contributed by atoms with Gasteiger partial charge in [-0.3, -0.25) is 14.5 Å². The first kappa shape index (κ1) is 19.4. The van der Waals surface area contributed by atoms with Crippen molar-refractivity contribution in [2.24, 2.45) is 11.7 Å². The molecule has 2 aromatic heterocycles. The summed E-state index contributed by atoms with van der Waals surface area (Å²) in [6.45, 7) is 2.46. The lowest BCUT2D eigenvalue weighted by molar-refractivity contribution is -0.123. The van der Waals surface area contributed by atoms with E-state index >= 15 is 0 Å². The summed E-state index contributed by atoms with van der Waals surface area (Å²) in [5.41, 5.74) is 7.60. The Morgan fingerprint density at radius 2 is 2.07 bits per heavy atom. The highest BCUT2D eigenvalue weighted by molar-refractivity contribution is 7.13. The molecule has 0 atom stereocenters. The molecule has 8 heteroatoms. The average Bonchev–Trinajstić information content (AvgIpc) is 3.40. The number of piperidine rings is 1. The highest BCUT2D eigenvalue weighted by atomic mass is 32.1. The van der Waals surface area contributed by atoms with Crippen molar-refractivity contribution in [2.45, 2.75) is 19.4 Å². The molecule has 150 valence electrons. The fraction of sp³-hybridized carbons (Fsp3) is 0.286. The molecule has 3 aromatic rings. The Morgan fingerprint density at radius 3 is 2.79 bits per heavy atom. The third-order valence-corrected chi connectivity index (χ3v) is 5.91. The molecule has 0 radical (unpaired) electrons. The van der Waals surface area contributed by atoms with E-state index in [1.807, 2.05) is 30.3 Å². The summed E-state index contributed by atoms with van der Waals surface area (Å²) in [6.07, 6.45) is 3.18. The van der Waals surface area contributed by atoms with Crippen LogP contribution in [0.3, 0.4) is 0 Å². The summed E-state index contributed by atoms with van der Waals surface area (Å²) in [5.74, 6) is 0.183. The van der Waals surface area contributed by atoms with Gasteiger partial charge >= 0.3 is 0 Å². The highest BCUT2D eigenvalue weighted by Crippen LogP contribution is 2.25. The number of nitrogens with zero attached hydrogens (tertiary/aromatic N) is 2. The zero-order valence-corrected chi connectivity index (χ0v) is 16.7. The standard InChI is InChI=1S/C21H22N4O3S/c22-19(26)15-6-8-25(9-7-15)12-14-3-1-4-16(11-14)23-20(27)17-13-29-21(24-17)18-5-2-10-28-18/h1-5,10-11,13,15H,6-9,12H2,(H2,22,26)(H,23,27). The largest absolute Gasteiger partial charge is 0.462 e. The normalized spacial score (nSPS) is 15.3. The minimum absolute atomic E-state index is 0.0129. The number of thiazole rings is 1. The predicted molar refractivity (Wildman–Crippen MR) is 111 cm³/mol. The van der Waals surface area contributed by atoms with Gasteiger partial charge in [0.15, 0.2) is 10.8 Å². The van der Waals surface area contributed by atoms with Crippen molar-refractivity contribution in [2.75, 3.05) is 18.4 Å². The number of hydrogen-bond donors (Lipinski definition) is 2. The summed E-state index contributed by atoms with van der Waals surface area (Å²) in [7, 11) is 0. The lowest BCUT2D eigenvalue weighted by atomic mass is 9.96. The number of nitrogens with two attached hydrogens (primary N) is 1. The molecule has 1 fully saturated rings. The summed E-state index contributed by atoms with van der Waals surface area (Å²) >= 11 is 1.37. The van der Waals surface area contributed by atoms with E-state index in [1.165, 1.54) is 11.3 Å². The van der Waals surface area contributed by atoms with Crippen molar-refractivity contribution < 1.29 is 14.0 Å². The van der Waals surface area contributed by atoms with E-state index in [2.05, 4.69) is 15.2 Å². The number of hydrogen-bond acceptors (Lipinski definition) is 6. The second kappa shape index (κ2) is 8.59. The molecule has 1 saturated heterocycles. The first-order valence-electron chi connectivity index (χ1n) is 9.50. The molecule has 3 N–H and O–H groups in total. The molecular weight excluding hydrogens is 388 g/mol. The molecule has 0 saturated carbocycles. The fourth-order valence-corrected chi connectivity index (χ4v) is 4.23. The van der Waals surface area contributed by atoms with Gasteiger partial charge in [0, 0.05) is 23.5 Å². The summed E-state index contributed by atoms with van der Waals surface area (Å²) in [6, 6.07) is 11.4. The van der Waals surface area contributed by atoms with Crippen molar-refractivity contribution in [3.63, 3.8) is 0 Å². The van der Waals surface area contributed by atoms with Crippen LogP contribution in [0.1, 0.15) is 28.9 Å². The molecule has 0 aliphatic carbocycles. The van der Waals surface area contributed by atoms with Gasteiger partial charge in [-0.1, -0.05) is 12.1 Å². The van der Waals surface area contributed by atoms with Crippen LogP contribution >= 0.6 is 11.3 Å². The van der Waals surface area contributed by atoms with Crippen LogP contribution in [0.15, 0.2) is 52.5 Å². The maximum Gasteiger partial charge on any atom is 0.275 e. The molecule has 7 nitrogen and oxygen atoms in total. The first-order chi connectivity index (χ1) is 14.1. The van der Waals surface area contributed by atoms with E-state index in [4.69, 9.17) is 10.2 Å². The van der Waals surface area contributed by atoms with Gasteiger partial charge < -0.3 is 15.5 Å². The molecule has 2 amide bonds. The number of primary amides is 1. The van der Waals surface area contributed by atoms with Crippen LogP contribution in [-0.4, -0.2) is 34.8 Å². The summed E-state index contributed by atoms with van der Waals surface area (Å²) in [5, 5.41) is 5.31. The Balaban J connectivity index is 1.36. The number of carbonyl (C=O) groups is 2. The lowest BCUT2D eigenvalue weighted by Gasteiger charge is -2.30. The Morgan fingerprint density at radius 1 is 1.24 bits per heavy atom. The molecule has 4 rings (SSSR count). The van der Waals surface area contributed by atoms with Gasteiger partial charge in [-0.25, -0.2) is 4.98 Å². The minimum atomic E-state index is -0.251. The molecule has 0 spiro atoms. The Labute approximate surface area is 172 Å². The van der Waals surface area contributed by atoms with Crippen LogP contribution in [0, 0.1) is 5.92 Å². The first-order valence-corrected chi connectivity index (χ1v) is 10.4. The molecule has 0 unspecified atom stereocenters. The maximum atomic E-state index is 12.5. The van der Waals surface area contributed by atoms with Gasteiger partial charge in [0.05, 0.1) is 6.26 Å². The highest BCUT2D eigenvalue weighted by Gasteiger charge is 2.23. The van der Waals surface area contributed by atoms with E-state index in [0.717, 1.165) is 43.7 Å². The van der Waals surface area contributed by atoms with Gasteiger partial charge in [0.2, 0.25) is 5.91 Å². The number of benzene rings is 1. The predicted octanol–water partition coefficient (Wildman–Crippen LogP) is 3.35. The number of carbonyl (C=O) groups excluding carboxylic acids is 2. The topological polar surface area (TPSA) is 101 Å². The van der Waals surface area contributed by atoms with Crippen LogP contribution in [0.5, 0.6) is 0 Å². The van der Waals surface area contributed by atoms with Gasteiger partial charge in [-0.2, -0.15) is 0 Å². The average molecular weight is 410 g/mol. The molecule has 1 aliphatic rings.